The van der Waals surface area contributed by atoms with Crippen molar-refractivity contribution in [3.63, 3.8) is 0 Å². The summed E-state index contributed by atoms with van der Waals surface area (Å²) >= 11 is 6.10. The Morgan fingerprint density at radius 2 is 2.00 bits per heavy atom. The molecule has 0 aromatic heterocycles. The molecule has 0 aliphatic heterocycles. The maximum absolute atomic E-state index is 11.7. The molecule has 1 aromatic carbocycles. The van der Waals surface area contributed by atoms with E-state index >= 15 is 0 Å². The summed E-state index contributed by atoms with van der Waals surface area (Å²) in [7, 11) is -3.27. The minimum atomic E-state index is -3.27. The minimum Gasteiger partial charge on any atom is -0.380 e. The fourth-order valence-corrected chi connectivity index (χ4v) is 3.09. The maximum Gasteiger partial charge on any atom is 0.175 e. The lowest BCUT2D eigenvalue weighted by atomic mass is 10.1. The Bertz CT molecular complexity index is 544. The molecule has 120 valence electrons. The van der Waals surface area contributed by atoms with E-state index in [0.29, 0.717) is 36.2 Å². The fraction of sp³-hybridized carbons (Fsp3) is 0.600. The lowest BCUT2D eigenvalue weighted by molar-refractivity contribution is 0.125. The van der Waals surface area contributed by atoms with E-state index in [-0.39, 0.29) is 4.90 Å². The second kappa shape index (κ2) is 8.73. The van der Waals surface area contributed by atoms with Crippen LogP contribution in [0.1, 0.15) is 25.8 Å². The second-order valence-electron chi connectivity index (χ2n) is 5.46. The zero-order valence-electron chi connectivity index (χ0n) is 12.9. The molecule has 4 nitrogen and oxygen atoms in total. The molecule has 1 rings (SSSR count). The summed E-state index contributed by atoms with van der Waals surface area (Å²) in [5.41, 5.74) is 0.615. The number of ether oxygens (including phenoxy) is 1. The number of halogens is 1. The highest BCUT2D eigenvalue weighted by Gasteiger charge is 2.15. The molecule has 0 bridgehead atoms. The first kappa shape index (κ1) is 18.4. The molecular formula is C15H24ClNO3S. The van der Waals surface area contributed by atoms with Gasteiger partial charge < -0.3 is 10.1 Å². The molecule has 0 radical (unpaired) electrons. The van der Waals surface area contributed by atoms with E-state index in [4.69, 9.17) is 16.3 Å². The van der Waals surface area contributed by atoms with Crippen LogP contribution in [0.2, 0.25) is 5.02 Å². The number of hydrogen-bond acceptors (Lipinski definition) is 4. The zero-order valence-corrected chi connectivity index (χ0v) is 14.4. The van der Waals surface area contributed by atoms with Crippen molar-refractivity contribution in [1.82, 2.24) is 5.32 Å². The quantitative estimate of drug-likeness (QED) is 0.706. The molecule has 0 unspecified atom stereocenters. The van der Waals surface area contributed by atoms with Gasteiger partial charge in [0.1, 0.15) is 0 Å². The van der Waals surface area contributed by atoms with Crippen LogP contribution in [0.15, 0.2) is 23.1 Å². The van der Waals surface area contributed by atoms with Gasteiger partial charge in [0, 0.05) is 36.5 Å². The van der Waals surface area contributed by atoms with Crippen LogP contribution in [-0.4, -0.2) is 34.4 Å². The van der Waals surface area contributed by atoms with Crippen LogP contribution in [0.4, 0.5) is 0 Å². The highest BCUT2D eigenvalue weighted by molar-refractivity contribution is 7.90. The second-order valence-corrected chi connectivity index (χ2v) is 7.85. The van der Waals surface area contributed by atoms with Gasteiger partial charge in [0.25, 0.3) is 0 Å². The molecule has 0 amide bonds. The summed E-state index contributed by atoms with van der Waals surface area (Å²) in [6.45, 7) is 6.74. The monoisotopic (exact) mass is 333 g/mol. The molecular weight excluding hydrogens is 310 g/mol. The summed E-state index contributed by atoms with van der Waals surface area (Å²) in [5, 5.41) is 3.63. The third kappa shape index (κ3) is 6.78. The smallest absolute Gasteiger partial charge is 0.175 e. The number of nitrogens with one attached hydrogen (secondary N) is 1. The fourth-order valence-electron chi connectivity index (χ4n) is 1.84. The summed E-state index contributed by atoms with van der Waals surface area (Å²) in [5.74, 6) is 0.637. The van der Waals surface area contributed by atoms with Gasteiger partial charge in [0.15, 0.2) is 9.84 Å². The van der Waals surface area contributed by atoms with Gasteiger partial charge in [-0.05, 0) is 24.5 Å². The topological polar surface area (TPSA) is 55.4 Å². The van der Waals surface area contributed by atoms with Crippen LogP contribution < -0.4 is 5.32 Å². The molecule has 0 saturated heterocycles. The van der Waals surface area contributed by atoms with E-state index in [2.05, 4.69) is 19.2 Å². The van der Waals surface area contributed by atoms with Gasteiger partial charge in [-0.2, -0.15) is 0 Å². The maximum atomic E-state index is 11.7. The Balaban J connectivity index is 2.46. The van der Waals surface area contributed by atoms with Gasteiger partial charge in [0.2, 0.25) is 0 Å². The molecule has 21 heavy (non-hydrogen) atoms. The molecule has 6 heteroatoms. The van der Waals surface area contributed by atoms with Gasteiger partial charge in [-0.15, -0.1) is 0 Å². The molecule has 0 spiro atoms. The van der Waals surface area contributed by atoms with Crippen molar-refractivity contribution >= 4 is 21.4 Å². The van der Waals surface area contributed by atoms with Crippen molar-refractivity contribution in [2.75, 3.05) is 26.0 Å². The normalized spacial score (nSPS) is 12.0. The van der Waals surface area contributed by atoms with Crippen LogP contribution in [0, 0.1) is 5.92 Å². The highest BCUT2D eigenvalue weighted by Crippen LogP contribution is 2.23. The van der Waals surface area contributed by atoms with Crippen LogP contribution in [0.5, 0.6) is 0 Å². The van der Waals surface area contributed by atoms with Gasteiger partial charge >= 0.3 is 0 Å². The van der Waals surface area contributed by atoms with E-state index in [1.165, 1.54) is 6.26 Å². The summed E-state index contributed by atoms with van der Waals surface area (Å²) in [6, 6.07) is 4.93. The summed E-state index contributed by atoms with van der Waals surface area (Å²) < 4.78 is 29.0. The third-order valence-electron chi connectivity index (χ3n) is 3.04. The number of rotatable bonds is 9. The number of sulfone groups is 1. The summed E-state index contributed by atoms with van der Waals surface area (Å²) in [4.78, 5) is 0.281. The number of hydrogen-bond donors (Lipinski definition) is 1. The highest BCUT2D eigenvalue weighted by atomic mass is 35.5. The van der Waals surface area contributed by atoms with Crippen LogP contribution >= 0.6 is 11.6 Å². The largest absolute Gasteiger partial charge is 0.380 e. The SMILES string of the molecule is CC(C)CCOCCNCc1c(Cl)cccc1S(C)(=O)=O. The van der Waals surface area contributed by atoms with Crippen molar-refractivity contribution in [3.05, 3.63) is 28.8 Å². The van der Waals surface area contributed by atoms with Crippen LogP contribution in [-0.2, 0) is 21.1 Å². The minimum absolute atomic E-state index is 0.281. The predicted octanol–water partition coefficient (Wildman–Crippen LogP) is 2.90. The molecule has 0 heterocycles. The molecule has 1 aromatic rings. The average molecular weight is 334 g/mol. The van der Waals surface area contributed by atoms with Crippen LogP contribution in [0.25, 0.3) is 0 Å². The summed E-state index contributed by atoms with van der Waals surface area (Å²) in [6.07, 6.45) is 2.24. The Hall–Kier alpha value is -0.620. The van der Waals surface area contributed by atoms with E-state index in [0.717, 1.165) is 13.0 Å². The van der Waals surface area contributed by atoms with Crippen molar-refractivity contribution in [1.29, 1.82) is 0 Å². The van der Waals surface area contributed by atoms with Crippen molar-refractivity contribution < 1.29 is 13.2 Å². The van der Waals surface area contributed by atoms with Crippen molar-refractivity contribution in [2.45, 2.75) is 31.7 Å². The van der Waals surface area contributed by atoms with Gasteiger partial charge in [-0.25, -0.2) is 8.42 Å². The Kier molecular flexibility index (Phi) is 7.66. The lowest BCUT2D eigenvalue weighted by Gasteiger charge is -2.11. The molecule has 0 saturated carbocycles. The van der Waals surface area contributed by atoms with E-state index in [9.17, 15) is 8.42 Å². The molecule has 1 N–H and O–H groups in total. The predicted molar refractivity (Wildman–Crippen MR) is 86.5 cm³/mol. The van der Waals surface area contributed by atoms with Gasteiger partial charge in [0.05, 0.1) is 11.5 Å². The Morgan fingerprint density at radius 3 is 2.62 bits per heavy atom. The van der Waals surface area contributed by atoms with Gasteiger partial charge in [-0.3, -0.25) is 0 Å². The van der Waals surface area contributed by atoms with Gasteiger partial charge in [-0.1, -0.05) is 31.5 Å². The van der Waals surface area contributed by atoms with Crippen molar-refractivity contribution in [2.24, 2.45) is 5.92 Å². The average Bonchev–Trinajstić information content (AvgIpc) is 2.37. The standard InChI is InChI=1S/C15H24ClNO3S/c1-12(2)7-9-20-10-8-17-11-13-14(16)5-4-6-15(13)21(3,18)19/h4-6,12,17H,7-11H2,1-3H3. The molecule has 0 aliphatic carbocycles. The molecule has 0 atom stereocenters. The first-order valence-electron chi connectivity index (χ1n) is 7.08. The first-order valence-corrected chi connectivity index (χ1v) is 9.35. The van der Waals surface area contributed by atoms with E-state index < -0.39 is 9.84 Å². The first-order chi connectivity index (χ1) is 9.82. The van der Waals surface area contributed by atoms with Crippen LogP contribution in [0.3, 0.4) is 0 Å². The zero-order chi connectivity index (χ0) is 15.9. The van der Waals surface area contributed by atoms with E-state index in [1.54, 1.807) is 18.2 Å². The van der Waals surface area contributed by atoms with Crippen molar-refractivity contribution in [3.8, 4) is 0 Å². The Labute approximate surface area is 132 Å². The van der Waals surface area contributed by atoms with E-state index in [1.807, 2.05) is 0 Å². The molecule has 0 aliphatic rings. The lowest BCUT2D eigenvalue weighted by Crippen LogP contribution is -2.21. The molecule has 0 fully saturated rings. The number of benzene rings is 1. The third-order valence-corrected chi connectivity index (χ3v) is 4.58. The Morgan fingerprint density at radius 1 is 1.29 bits per heavy atom.